The molecule has 29 heavy (non-hydrogen) atoms. The topological polar surface area (TPSA) is 99.9 Å². The van der Waals surface area contributed by atoms with Gasteiger partial charge in [0, 0.05) is 18.2 Å². The van der Waals surface area contributed by atoms with Crippen molar-refractivity contribution in [2.45, 2.75) is 11.3 Å². The van der Waals surface area contributed by atoms with Crippen molar-refractivity contribution in [2.75, 3.05) is 27.9 Å². The Kier molecular flexibility index (Phi) is 6.40. The molecule has 2 aromatic carbocycles. The summed E-state index contributed by atoms with van der Waals surface area (Å²) in [6.45, 7) is 0.213. The summed E-state index contributed by atoms with van der Waals surface area (Å²) in [4.78, 5) is 0.0515. The van der Waals surface area contributed by atoms with Crippen LogP contribution in [0.3, 0.4) is 0 Å². The Morgan fingerprint density at radius 3 is 2.34 bits per heavy atom. The summed E-state index contributed by atoms with van der Waals surface area (Å²) in [5, 5.41) is 3.65. The number of nitrogens with one attached hydrogen (secondary N) is 1. The van der Waals surface area contributed by atoms with Gasteiger partial charge in [0.05, 0.1) is 27.5 Å². The van der Waals surface area contributed by atoms with Crippen molar-refractivity contribution in [3.8, 4) is 28.6 Å². The Hall–Kier alpha value is -3.04. The summed E-state index contributed by atoms with van der Waals surface area (Å²) in [6.07, 6.45) is 2.00. The average Bonchev–Trinajstić information content (AvgIpc) is 3.28. The number of hydrogen-bond donors (Lipinski definition) is 1. The molecule has 3 aromatic rings. The van der Waals surface area contributed by atoms with Crippen LogP contribution in [0.5, 0.6) is 17.2 Å². The van der Waals surface area contributed by atoms with Crippen molar-refractivity contribution in [3.05, 3.63) is 54.2 Å². The summed E-state index contributed by atoms with van der Waals surface area (Å²) < 4.78 is 49.0. The highest BCUT2D eigenvalue weighted by Gasteiger charge is 2.20. The van der Waals surface area contributed by atoms with Crippen LogP contribution in [0.4, 0.5) is 0 Å². The molecule has 0 atom stereocenters. The van der Waals surface area contributed by atoms with Crippen LogP contribution >= 0.6 is 0 Å². The fourth-order valence-corrected chi connectivity index (χ4v) is 4.03. The van der Waals surface area contributed by atoms with Crippen molar-refractivity contribution in [1.82, 2.24) is 9.88 Å². The van der Waals surface area contributed by atoms with Crippen LogP contribution in [0.25, 0.3) is 11.3 Å². The van der Waals surface area contributed by atoms with Crippen molar-refractivity contribution >= 4 is 10.0 Å². The van der Waals surface area contributed by atoms with Gasteiger partial charge in [-0.25, -0.2) is 13.1 Å². The van der Waals surface area contributed by atoms with Gasteiger partial charge >= 0.3 is 0 Å². The maximum absolute atomic E-state index is 12.8. The molecule has 0 unspecified atom stereocenters. The van der Waals surface area contributed by atoms with Crippen LogP contribution in [-0.2, 0) is 16.4 Å². The van der Waals surface area contributed by atoms with Crippen LogP contribution < -0.4 is 18.9 Å². The van der Waals surface area contributed by atoms with Crippen LogP contribution in [0, 0.1) is 0 Å². The molecule has 0 aliphatic heterocycles. The summed E-state index contributed by atoms with van der Waals surface area (Å²) in [5.41, 5.74) is 1.58. The van der Waals surface area contributed by atoms with Crippen molar-refractivity contribution < 1.29 is 27.2 Å². The lowest BCUT2D eigenvalue weighted by Crippen LogP contribution is -2.26. The molecule has 9 heteroatoms. The second kappa shape index (κ2) is 8.97. The van der Waals surface area contributed by atoms with Crippen molar-refractivity contribution in [1.29, 1.82) is 0 Å². The maximum atomic E-state index is 12.8. The van der Waals surface area contributed by atoms with E-state index in [2.05, 4.69) is 9.88 Å². The molecule has 1 N–H and O–H groups in total. The van der Waals surface area contributed by atoms with E-state index in [0.29, 0.717) is 29.2 Å². The lowest BCUT2D eigenvalue weighted by molar-refractivity contribution is 0.354. The summed E-state index contributed by atoms with van der Waals surface area (Å²) in [5.74, 6) is 1.96. The van der Waals surface area contributed by atoms with Gasteiger partial charge in [0.15, 0.2) is 17.3 Å². The molecule has 0 radical (unpaired) electrons. The Morgan fingerprint density at radius 1 is 0.931 bits per heavy atom. The first-order valence-electron chi connectivity index (χ1n) is 8.78. The van der Waals surface area contributed by atoms with Gasteiger partial charge in [-0.3, -0.25) is 0 Å². The van der Waals surface area contributed by atoms with Gasteiger partial charge in [0.1, 0.15) is 10.6 Å². The van der Waals surface area contributed by atoms with Gasteiger partial charge in [-0.05, 0) is 42.3 Å². The van der Waals surface area contributed by atoms with Crippen LogP contribution in [-0.4, -0.2) is 41.4 Å². The van der Waals surface area contributed by atoms with E-state index in [1.807, 2.05) is 12.1 Å². The summed E-state index contributed by atoms with van der Waals surface area (Å²) in [6, 6.07) is 11.9. The zero-order valence-electron chi connectivity index (χ0n) is 16.3. The smallest absolute Gasteiger partial charge is 0.244 e. The fourth-order valence-electron chi connectivity index (χ4n) is 2.85. The van der Waals surface area contributed by atoms with E-state index >= 15 is 0 Å². The van der Waals surface area contributed by atoms with Gasteiger partial charge in [-0.2, -0.15) is 0 Å². The van der Waals surface area contributed by atoms with Crippen LogP contribution in [0.15, 0.2) is 58.1 Å². The predicted molar refractivity (Wildman–Crippen MR) is 107 cm³/mol. The molecular weight excluding hydrogens is 396 g/mol. The van der Waals surface area contributed by atoms with E-state index in [-0.39, 0.29) is 17.2 Å². The van der Waals surface area contributed by atoms with Gasteiger partial charge in [-0.15, -0.1) is 0 Å². The molecule has 0 spiro atoms. The molecule has 8 nitrogen and oxygen atoms in total. The standard InChI is InChI=1S/C20H22N2O6S/c1-25-17-6-4-14(12-18(17)26-2)8-11-22-29(23,24)20-7-5-15(13-19(20)27-3)16-9-10-21-28-16/h4-7,9-10,12-13,22H,8,11H2,1-3H3. The molecule has 0 saturated carbocycles. The number of methoxy groups -OCH3 is 3. The third-order valence-corrected chi connectivity index (χ3v) is 5.83. The molecular formula is C20H22N2O6S. The van der Waals surface area contributed by atoms with Crippen molar-refractivity contribution in [3.63, 3.8) is 0 Å². The first kappa shape index (κ1) is 20.7. The number of sulfonamides is 1. The lowest BCUT2D eigenvalue weighted by Gasteiger charge is -2.12. The third kappa shape index (κ3) is 4.69. The zero-order valence-corrected chi connectivity index (χ0v) is 17.2. The number of ether oxygens (including phenoxy) is 3. The Balaban J connectivity index is 1.73. The van der Waals surface area contributed by atoms with Gasteiger partial charge in [-0.1, -0.05) is 11.2 Å². The summed E-state index contributed by atoms with van der Waals surface area (Å²) in [7, 11) is 0.771. The molecule has 0 fully saturated rings. The lowest BCUT2D eigenvalue weighted by atomic mass is 10.1. The van der Waals surface area contributed by atoms with Crippen LogP contribution in [0.2, 0.25) is 0 Å². The van der Waals surface area contributed by atoms with Gasteiger partial charge < -0.3 is 18.7 Å². The molecule has 3 rings (SSSR count). The molecule has 0 amide bonds. The van der Waals surface area contributed by atoms with Gasteiger partial charge in [0.2, 0.25) is 10.0 Å². The SMILES string of the molecule is COc1ccc(CCNS(=O)(=O)c2ccc(-c3ccno3)cc2OC)cc1OC. The fraction of sp³-hybridized carbons (Fsp3) is 0.250. The Bertz CT molecular complexity index is 1060. The number of hydrogen-bond acceptors (Lipinski definition) is 7. The van der Waals surface area contributed by atoms with E-state index in [1.165, 1.54) is 19.4 Å². The molecule has 1 heterocycles. The molecule has 1 aromatic heterocycles. The minimum absolute atomic E-state index is 0.0515. The number of benzene rings is 2. The largest absolute Gasteiger partial charge is 0.495 e. The molecule has 0 aliphatic carbocycles. The number of aromatic nitrogens is 1. The maximum Gasteiger partial charge on any atom is 0.244 e. The monoisotopic (exact) mass is 418 g/mol. The molecule has 0 bridgehead atoms. The second-order valence-electron chi connectivity index (χ2n) is 6.08. The highest BCUT2D eigenvalue weighted by molar-refractivity contribution is 7.89. The third-order valence-electron chi connectivity index (χ3n) is 4.33. The van der Waals surface area contributed by atoms with E-state index < -0.39 is 10.0 Å². The quantitative estimate of drug-likeness (QED) is 0.570. The molecule has 0 aliphatic rings. The van der Waals surface area contributed by atoms with E-state index in [0.717, 1.165) is 5.56 Å². The minimum Gasteiger partial charge on any atom is -0.495 e. The number of rotatable bonds is 9. The van der Waals surface area contributed by atoms with E-state index in [1.54, 1.807) is 38.5 Å². The Labute approximate surface area is 169 Å². The highest BCUT2D eigenvalue weighted by Crippen LogP contribution is 2.30. The van der Waals surface area contributed by atoms with Crippen LogP contribution in [0.1, 0.15) is 5.56 Å². The summed E-state index contributed by atoms with van der Waals surface area (Å²) >= 11 is 0. The molecule has 0 saturated heterocycles. The molecule has 154 valence electrons. The van der Waals surface area contributed by atoms with Crippen molar-refractivity contribution in [2.24, 2.45) is 0 Å². The predicted octanol–water partition coefficient (Wildman–Crippen LogP) is 2.89. The van der Waals surface area contributed by atoms with Gasteiger partial charge in [0.25, 0.3) is 0 Å². The van der Waals surface area contributed by atoms with E-state index in [4.69, 9.17) is 18.7 Å². The minimum atomic E-state index is -3.76. The zero-order chi connectivity index (χ0) is 20.9. The second-order valence-corrected chi connectivity index (χ2v) is 7.81. The first-order chi connectivity index (χ1) is 14.0. The average molecular weight is 418 g/mol. The first-order valence-corrected chi connectivity index (χ1v) is 10.3. The Morgan fingerprint density at radius 2 is 1.69 bits per heavy atom. The van der Waals surface area contributed by atoms with E-state index in [9.17, 15) is 8.42 Å². The normalized spacial score (nSPS) is 11.3. The number of nitrogens with zero attached hydrogens (tertiary/aromatic N) is 1. The highest BCUT2D eigenvalue weighted by atomic mass is 32.2.